The molecule has 0 aromatic heterocycles. The first-order valence-electron chi connectivity index (χ1n) is 6.11. The minimum atomic E-state index is 0.871. The largest absolute Gasteiger partial charge is 0.313 e. The molecule has 0 bridgehead atoms. The van der Waals surface area contributed by atoms with Gasteiger partial charge in [-0.25, -0.2) is 0 Å². The Labute approximate surface area is 92.9 Å². The highest BCUT2D eigenvalue weighted by atomic mass is 14.8. The van der Waals surface area contributed by atoms with Gasteiger partial charge in [0.25, 0.3) is 0 Å². The summed E-state index contributed by atoms with van der Waals surface area (Å²) >= 11 is 0. The van der Waals surface area contributed by atoms with Crippen LogP contribution in [-0.4, -0.2) is 6.54 Å². The van der Waals surface area contributed by atoms with Crippen molar-refractivity contribution in [1.29, 1.82) is 0 Å². The van der Waals surface area contributed by atoms with Gasteiger partial charge >= 0.3 is 0 Å². The monoisotopic (exact) mass is 203 g/mol. The Kier molecular flexibility index (Phi) is 3.42. The molecule has 0 aliphatic heterocycles. The highest BCUT2D eigenvalue weighted by Crippen LogP contribution is 2.41. The quantitative estimate of drug-likeness (QED) is 0.723. The van der Waals surface area contributed by atoms with Gasteiger partial charge in [0.15, 0.2) is 0 Å². The molecule has 1 aliphatic rings. The molecule has 1 fully saturated rings. The highest BCUT2D eigenvalue weighted by molar-refractivity contribution is 5.36. The molecule has 1 aromatic carbocycles. The van der Waals surface area contributed by atoms with E-state index in [1.54, 1.807) is 5.56 Å². The first-order valence-corrected chi connectivity index (χ1v) is 6.11. The fourth-order valence-electron chi connectivity index (χ4n) is 2.04. The van der Waals surface area contributed by atoms with Gasteiger partial charge in [0.2, 0.25) is 0 Å². The number of aryl methyl sites for hydroxylation is 1. The second-order valence-corrected chi connectivity index (χ2v) is 4.64. The van der Waals surface area contributed by atoms with Crippen LogP contribution in [0.3, 0.4) is 0 Å². The molecule has 0 radical (unpaired) electrons. The molecule has 0 amide bonds. The van der Waals surface area contributed by atoms with Crippen molar-refractivity contribution < 1.29 is 0 Å². The summed E-state index contributed by atoms with van der Waals surface area (Å²) in [7, 11) is 0. The van der Waals surface area contributed by atoms with Gasteiger partial charge in [-0.3, -0.25) is 0 Å². The van der Waals surface area contributed by atoms with Crippen molar-refractivity contribution >= 4 is 0 Å². The van der Waals surface area contributed by atoms with E-state index < -0.39 is 0 Å². The smallest absolute Gasteiger partial charge is 0.0205 e. The Bertz CT molecular complexity index is 326. The van der Waals surface area contributed by atoms with Crippen molar-refractivity contribution in [3.05, 3.63) is 34.9 Å². The lowest BCUT2D eigenvalue weighted by molar-refractivity contribution is 0.675. The molecule has 1 aliphatic carbocycles. The molecule has 0 saturated heterocycles. The zero-order valence-electron chi connectivity index (χ0n) is 9.84. The van der Waals surface area contributed by atoms with Crippen LogP contribution in [0, 0.1) is 6.92 Å². The molecule has 1 aromatic rings. The minimum absolute atomic E-state index is 0.871. The van der Waals surface area contributed by atoms with Crippen molar-refractivity contribution in [3.8, 4) is 0 Å². The second kappa shape index (κ2) is 4.80. The Hall–Kier alpha value is -0.820. The number of hydrogen-bond donors (Lipinski definition) is 1. The van der Waals surface area contributed by atoms with Crippen molar-refractivity contribution in [2.45, 2.75) is 45.6 Å². The molecular weight excluding hydrogens is 182 g/mol. The third kappa shape index (κ3) is 2.82. The zero-order valence-corrected chi connectivity index (χ0v) is 9.84. The van der Waals surface area contributed by atoms with Crippen molar-refractivity contribution in [1.82, 2.24) is 5.32 Å². The summed E-state index contributed by atoms with van der Waals surface area (Å²) in [5.74, 6) is 0.871. The summed E-state index contributed by atoms with van der Waals surface area (Å²) in [6.45, 7) is 6.58. The van der Waals surface area contributed by atoms with Crippen LogP contribution < -0.4 is 5.32 Å². The Balaban J connectivity index is 2.02. The SMILES string of the molecule is CCCNCc1ccc(C)c(C2CC2)c1. The first-order chi connectivity index (χ1) is 7.31. The van der Waals surface area contributed by atoms with Gasteiger partial charge in [-0.2, -0.15) is 0 Å². The number of benzene rings is 1. The van der Waals surface area contributed by atoms with Gasteiger partial charge in [-0.1, -0.05) is 25.1 Å². The summed E-state index contributed by atoms with van der Waals surface area (Å²) in [6.07, 6.45) is 4.00. The summed E-state index contributed by atoms with van der Waals surface area (Å²) in [5.41, 5.74) is 4.50. The van der Waals surface area contributed by atoms with E-state index >= 15 is 0 Å². The van der Waals surface area contributed by atoms with Crippen LogP contribution >= 0.6 is 0 Å². The molecule has 0 unspecified atom stereocenters. The lowest BCUT2D eigenvalue weighted by atomic mass is 10.0. The molecule has 1 heteroatoms. The standard InChI is InChI=1S/C14H21N/c1-3-8-15-10-12-5-4-11(2)14(9-12)13-6-7-13/h4-5,9,13,15H,3,6-8,10H2,1-2H3. The Morgan fingerprint density at radius 2 is 2.13 bits per heavy atom. The molecule has 0 heterocycles. The van der Waals surface area contributed by atoms with E-state index in [2.05, 4.69) is 37.4 Å². The maximum Gasteiger partial charge on any atom is 0.0205 e. The van der Waals surface area contributed by atoms with Gasteiger partial charge < -0.3 is 5.32 Å². The summed E-state index contributed by atoms with van der Waals surface area (Å²) < 4.78 is 0. The fraction of sp³-hybridized carbons (Fsp3) is 0.571. The maximum absolute atomic E-state index is 3.46. The van der Waals surface area contributed by atoms with Crippen LogP contribution in [0.1, 0.15) is 48.8 Å². The van der Waals surface area contributed by atoms with Crippen molar-refractivity contribution in [2.24, 2.45) is 0 Å². The topological polar surface area (TPSA) is 12.0 Å². The van der Waals surface area contributed by atoms with Crippen LogP contribution in [0.2, 0.25) is 0 Å². The average Bonchev–Trinajstić information content (AvgIpc) is 3.04. The summed E-state index contributed by atoms with van der Waals surface area (Å²) in [5, 5.41) is 3.46. The lowest BCUT2D eigenvalue weighted by Gasteiger charge is -2.08. The zero-order chi connectivity index (χ0) is 10.7. The van der Waals surface area contributed by atoms with E-state index in [0.29, 0.717) is 0 Å². The normalized spacial score (nSPS) is 15.6. The van der Waals surface area contributed by atoms with Gasteiger partial charge in [0.05, 0.1) is 0 Å². The third-order valence-electron chi connectivity index (χ3n) is 3.12. The van der Waals surface area contributed by atoms with Gasteiger partial charge in [0.1, 0.15) is 0 Å². The molecule has 15 heavy (non-hydrogen) atoms. The van der Waals surface area contributed by atoms with E-state index in [1.807, 2.05) is 0 Å². The predicted molar refractivity (Wildman–Crippen MR) is 65.2 cm³/mol. The van der Waals surface area contributed by atoms with E-state index in [-0.39, 0.29) is 0 Å². The Morgan fingerprint density at radius 3 is 2.80 bits per heavy atom. The second-order valence-electron chi connectivity index (χ2n) is 4.64. The third-order valence-corrected chi connectivity index (χ3v) is 3.12. The average molecular weight is 203 g/mol. The Morgan fingerprint density at radius 1 is 1.33 bits per heavy atom. The molecule has 1 saturated carbocycles. The molecule has 0 atom stereocenters. The molecule has 0 spiro atoms. The first kappa shape index (κ1) is 10.7. The predicted octanol–water partition coefficient (Wildman–Crippen LogP) is 3.37. The van der Waals surface area contributed by atoms with Gasteiger partial charge in [0, 0.05) is 6.54 Å². The van der Waals surface area contributed by atoms with Crippen LogP contribution in [0.15, 0.2) is 18.2 Å². The lowest BCUT2D eigenvalue weighted by Crippen LogP contribution is -2.13. The van der Waals surface area contributed by atoms with E-state index in [1.165, 1.54) is 30.4 Å². The fourth-order valence-corrected chi connectivity index (χ4v) is 2.04. The van der Waals surface area contributed by atoms with Crippen LogP contribution in [0.4, 0.5) is 0 Å². The van der Waals surface area contributed by atoms with Crippen LogP contribution in [0.25, 0.3) is 0 Å². The van der Waals surface area contributed by atoms with Crippen molar-refractivity contribution in [2.75, 3.05) is 6.54 Å². The summed E-state index contributed by atoms with van der Waals surface area (Å²) in [6, 6.07) is 6.93. The van der Waals surface area contributed by atoms with Crippen LogP contribution in [-0.2, 0) is 6.54 Å². The summed E-state index contributed by atoms with van der Waals surface area (Å²) in [4.78, 5) is 0. The highest BCUT2D eigenvalue weighted by Gasteiger charge is 2.24. The number of nitrogens with one attached hydrogen (secondary N) is 1. The molecule has 1 N–H and O–H groups in total. The minimum Gasteiger partial charge on any atom is -0.313 e. The molecule has 82 valence electrons. The van der Waals surface area contributed by atoms with Gasteiger partial charge in [-0.15, -0.1) is 0 Å². The van der Waals surface area contributed by atoms with E-state index in [0.717, 1.165) is 19.0 Å². The van der Waals surface area contributed by atoms with Crippen molar-refractivity contribution in [3.63, 3.8) is 0 Å². The number of rotatable bonds is 5. The van der Waals surface area contributed by atoms with E-state index in [4.69, 9.17) is 0 Å². The molecule has 1 nitrogen and oxygen atoms in total. The van der Waals surface area contributed by atoms with E-state index in [9.17, 15) is 0 Å². The molecule has 2 rings (SSSR count). The molecular formula is C14H21N. The van der Waals surface area contributed by atoms with Crippen LogP contribution in [0.5, 0.6) is 0 Å². The number of hydrogen-bond acceptors (Lipinski definition) is 1. The van der Waals surface area contributed by atoms with Gasteiger partial charge in [-0.05, 0) is 55.3 Å². The maximum atomic E-state index is 3.46.